The second-order valence-corrected chi connectivity index (χ2v) is 7.98. The molecule has 0 saturated carbocycles. The van der Waals surface area contributed by atoms with Crippen molar-refractivity contribution in [2.75, 3.05) is 32.6 Å². The van der Waals surface area contributed by atoms with Crippen LogP contribution in [0.4, 0.5) is 9.39 Å². The third kappa shape index (κ3) is 4.76. The second kappa shape index (κ2) is 9.37. The Kier molecular flexibility index (Phi) is 6.87. The largest absolute Gasteiger partial charge is 0.494 e. The van der Waals surface area contributed by atoms with Gasteiger partial charge < -0.3 is 14.8 Å². The van der Waals surface area contributed by atoms with E-state index in [1.54, 1.807) is 12.1 Å². The lowest BCUT2D eigenvalue weighted by Gasteiger charge is -2.20. The minimum Gasteiger partial charge on any atom is -0.494 e. The summed E-state index contributed by atoms with van der Waals surface area (Å²) in [5.41, 5.74) is 2.24. The lowest BCUT2D eigenvalue weighted by atomic mass is 10.1. The molecule has 156 valence electrons. The average molecular weight is 421 g/mol. The molecule has 1 N–H and O–H groups in total. The average Bonchev–Trinajstić information content (AvgIpc) is 3.27. The predicted octanol–water partition coefficient (Wildman–Crippen LogP) is 3.63. The zero-order chi connectivity index (χ0) is 21.0. The molecule has 1 amide bonds. The number of nitrogens with zero attached hydrogens (tertiary/aromatic N) is 1. The lowest BCUT2D eigenvalue weighted by molar-refractivity contribution is -0.117. The van der Waals surface area contributed by atoms with E-state index in [9.17, 15) is 14.0 Å². The number of anilines is 1. The number of nitrogens with one attached hydrogen (secondary N) is 1. The summed E-state index contributed by atoms with van der Waals surface area (Å²) in [5, 5.41) is 3.43. The summed E-state index contributed by atoms with van der Waals surface area (Å²) < 4.78 is 23.8. The third-order valence-corrected chi connectivity index (χ3v) is 6.21. The molecule has 0 radical (unpaired) electrons. The number of amides is 1. The number of methoxy groups -OCH3 is 2. The maximum absolute atomic E-state index is 13.9. The van der Waals surface area contributed by atoms with Gasteiger partial charge in [-0.05, 0) is 49.1 Å². The predicted molar refractivity (Wildman–Crippen MR) is 110 cm³/mol. The molecule has 1 heterocycles. The van der Waals surface area contributed by atoms with Crippen LogP contribution >= 0.6 is 11.3 Å². The number of benzene rings is 1. The van der Waals surface area contributed by atoms with E-state index in [1.807, 2.05) is 11.8 Å². The molecule has 8 heteroatoms. The summed E-state index contributed by atoms with van der Waals surface area (Å²) >= 11 is 1.45. The van der Waals surface area contributed by atoms with E-state index < -0.39 is 11.8 Å². The molecule has 1 aromatic carbocycles. The van der Waals surface area contributed by atoms with Crippen LogP contribution in [-0.4, -0.2) is 44.1 Å². The minimum absolute atomic E-state index is 0.132. The van der Waals surface area contributed by atoms with Gasteiger partial charge in [-0.3, -0.25) is 9.69 Å². The van der Waals surface area contributed by atoms with Crippen LogP contribution in [0, 0.1) is 5.82 Å². The highest BCUT2D eigenvalue weighted by molar-refractivity contribution is 7.17. The van der Waals surface area contributed by atoms with Gasteiger partial charge in [0.1, 0.15) is 5.00 Å². The number of ether oxygens (including phenoxy) is 2. The highest BCUT2D eigenvalue weighted by Gasteiger charge is 2.28. The highest BCUT2D eigenvalue weighted by Crippen LogP contribution is 2.39. The number of carbonyl (C=O) groups is 2. The number of thiophene rings is 1. The molecule has 3 rings (SSSR count). The number of esters is 1. The van der Waals surface area contributed by atoms with E-state index in [1.165, 1.54) is 31.6 Å². The smallest absolute Gasteiger partial charge is 0.341 e. The first-order valence-electron chi connectivity index (χ1n) is 9.54. The first-order chi connectivity index (χ1) is 14.0. The quantitative estimate of drug-likeness (QED) is 0.661. The van der Waals surface area contributed by atoms with Crippen molar-refractivity contribution in [3.8, 4) is 5.75 Å². The summed E-state index contributed by atoms with van der Waals surface area (Å²) in [6.07, 6.45) is 2.77. The minimum atomic E-state index is -0.429. The van der Waals surface area contributed by atoms with E-state index in [-0.39, 0.29) is 18.2 Å². The monoisotopic (exact) mass is 420 g/mol. The number of hydrogen-bond acceptors (Lipinski definition) is 6. The van der Waals surface area contributed by atoms with Crippen molar-refractivity contribution < 1.29 is 23.5 Å². The molecule has 6 nitrogen and oxygen atoms in total. The number of likely N-dealkylation sites (N-methyl/N-ethyl adjacent to an activating group) is 1. The third-order valence-electron chi connectivity index (χ3n) is 5.00. The summed E-state index contributed by atoms with van der Waals surface area (Å²) in [4.78, 5) is 27.9. The van der Waals surface area contributed by atoms with Gasteiger partial charge >= 0.3 is 5.97 Å². The van der Waals surface area contributed by atoms with Crippen LogP contribution in [0.3, 0.4) is 0 Å². The molecule has 1 aromatic heterocycles. The van der Waals surface area contributed by atoms with Crippen molar-refractivity contribution in [3.63, 3.8) is 0 Å². The molecule has 0 bridgehead atoms. The van der Waals surface area contributed by atoms with Gasteiger partial charge in [0.25, 0.3) is 0 Å². The normalized spacial score (nSPS) is 12.7. The Morgan fingerprint density at radius 2 is 2.07 bits per heavy atom. The van der Waals surface area contributed by atoms with Crippen molar-refractivity contribution in [2.24, 2.45) is 0 Å². The topological polar surface area (TPSA) is 67.9 Å². The molecule has 1 aliphatic rings. The Bertz CT molecular complexity index is 912. The number of halogens is 1. The molecule has 0 fully saturated rings. The van der Waals surface area contributed by atoms with Crippen LogP contribution in [0.15, 0.2) is 18.2 Å². The zero-order valence-electron chi connectivity index (χ0n) is 16.8. The SMILES string of the molecule is CCN(CC(=O)Nc1sc2c(c1C(=O)OC)CCC2)Cc1ccc(OC)c(F)c1. The fourth-order valence-electron chi connectivity index (χ4n) is 3.53. The Labute approximate surface area is 173 Å². The van der Waals surface area contributed by atoms with E-state index in [0.717, 1.165) is 35.3 Å². The van der Waals surface area contributed by atoms with E-state index in [0.29, 0.717) is 23.7 Å². The summed E-state index contributed by atoms with van der Waals surface area (Å²) in [6, 6.07) is 4.77. The van der Waals surface area contributed by atoms with Crippen LogP contribution in [0.5, 0.6) is 5.75 Å². The Hall–Kier alpha value is -2.45. The molecule has 0 aliphatic heterocycles. The standard InChI is InChI=1S/C21H25FN2O4S/c1-4-24(11-13-8-9-16(27-2)15(22)10-13)12-18(25)23-20-19(21(26)28-3)14-6-5-7-17(14)29-20/h8-10H,4-7,11-12H2,1-3H3,(H,23,25). The molecule has 2 aromatic rings. The summed E-state index contributed by atoms with van der Waals surface area (Å²) in [6.45, 7) is 3.11. The van der Waals surface area contributed by atoms with Gasteiger partial charge in [-0.2, -0.15) is 0 Å². The number of hydrogen-bond donors (Lipinski definition) is 1. The van der Waals surface area contributed by atoms with Gasteiger partial charge in [0.15, 0.2) is 11.6 Å². The van der Waals surface area contributed by atoms with Crippen LogP contribution in [0.25, 0.3) is 0 Å². The Morgan fingerprint density at radius 3 is 2.72 bits per heavy atom. The summed E-state index contributed by atoms with van der Waals surface area (Å²) in [5.74, 6) is -0.872. The van der Waals surface area contributed by atoms with Gasteiger partial charge in [-0.1, -0.05) is 13.0 Å². The molecule has 0 spiro atoms. The molecular weight excluding hydrogens is 395 g/mol. The fourth-order valence-corrected chi connectivity index (χ4v) is 4.82. The van der Waals surface area contributed by atoms with Crippen molar-refractivity contribution in [3.05, 3.63) is 45.6 Å². The van der Waals surface area contributed by atoms with Crippen LogP contribution in [0.1, 0.15) is 39.7 Å². The molecule has 0 unspecified atom stereocenters. The van der Waals surface area contributed by atoms with Gasteiger partial charge in [0.05, 0.1) is 26.3 Å². The van der Waals surface area contributed by atoms with Gasteiger partial charge in [-0.25, -0.2) is 9.18 Å². The number of rotatable bonds is 8. The van der Waals surface area contributed by atoms with E-state index in [4.69, 9.17) is 9.47 Å². The zero-order valence-corrected chi connectivity index (χ0v) is 17.7. The first-order valence-corrected chi connectivity index (χ1v) is 10.4. The molecule has 0 atom stereocenters. The van der Waals surface area contributed by atoms with Crippen molar-refractivity contribution in [2.45, 2.75) is 32.7 Å². The van der Waals surface area contributed by atoms with Crippen LogP contribution < -0.4 is 10.1 Å². The van der Waals surface area contributed by atoms with Gasteiger partial charge in [-0.15, -0.1) is 11.3 Å². The van der Waals surface area contributed by atoms with Crippen molar-refractivity contribution >= 4 is 28.2 Å². The molecule has 1 aliphatic carbocycles. The highest BCUT2D eigenvalue weighted by atomic mass is 32.1. The van der Waals surface area contributed by atoms with Gasteiger partial charge in [0.2, 0.25) is 5.91 Å². The maximum Gasteiger partial charge on any atom is 0.341 e. The number of aryl methyl sites for hydroxylation is 1. The Morgan fingerprint density at radius 1 is 1.28 bits per heavy atom. The van der Waals surface area contributed by atoms with Crippen LogP contribution in [-0.2, 0) is 28.9 Å². The van der Waals surface area contributed by atoms with Crippen molar-refractivity contribution in [1.82, 2.24) is 4.90 Å². The molecular formula is C21H25FN2O4S. The fraction of sp³-hybridized carbons (Fsp3) is 0.429. The van der Waals surface area contributed by atoms with Crippen molar-refractivity contribution in [1.29, 1.82) is 0 Å². The number of fused-ring (bicyclic) bond motifs is 1. The van der Waals surface area contributed by atoms with Gasteiger partial charge in [0, 0.05) is 11.4 Å². The number of carbonyl (C=O) groups excluding carboxylic acids is 2. The molecule has 0 saturated heterocycles. The van der Waals surface area contributed by atoms with E-state index in [2.05, 4.69) is 5.32 Å². The Balaban J connectivity index is 1.68. The van der Waals surface area contributed by atoms with Crippen LogP contribution in [0.2, 0.25) is 0 Å². The molecule has 29 heavy (non-hydrogen) atoms. The maximum atomic E-state index is 13.9. The lowest BCUT2D eigenvalue weighted by Crippen LogP contribution is -2.33. The van der Waals surface area contributed by atoms with E-state index >= 15 is 0 Å². The summed E-state index contributed by atoms with van der Waals surface area (Å²) in [7, 11) is 2.77. The second-order valence-electron chi connectivity index (χ2n) is 6.87. The first kappa shape index (κ1) is 21.3.